The largest absolute Gasteiger partial charge is 0.352 e. The van der Waals surface area contributed by atoms with Gasteiger partial charge in [0.15, 0.2) is 0 Å². The van der Waals surface area contributed by atoms with Crippen LogP contribution in [0, 0.1) is 0 Å². The minimum atomic E-state index is -0.284. The van der Waals surface area contributed by atoms with Crippen LogP contribution in [0.2, 0.25) is 0 Å². The molecule has 0 aromatic carbocycles. The third-order valence-electron chi connectivity index (χ3n) is 3.40. The van der Waals surface area contributed by atoms with Crippen LogP contribution >= 0.6 is 0 Å². The summed E-state index contributed by atoms with van der Waals surface area (Å²) in [4.78, 5) is 24.4. The Balaban J connectivity index is 1.87. The second-order valence-electron chi connectivity index (χ2n) is 4.81. The Morgan fingerprint density at radius 2 is 2.16 bits per heavy atom. The van der Waals surface area contributed by atoms with Gasteiger partial charge in [0.1, 0.15) is 18.0 Å². The van der Waals surface area contributed by atoms with Crippen molar-refractivity contribution in [1.29, 1.82) is 0 Å². The zero-order valence-corrected chi connectivity index (χ0v) is 10.8. The molecule has 2 N–H and O–H groups in total. The van der Waals surface area contributed by atoms with E-state index in [1.54, 1.807) is 6.33 Å². The smallest absolute Gasteiger partial charge is 0.340 e. The highest BCUT2D eigenvalue weighted by Crippen LogP contribution is 2.26. The van der Waals surface area contributed by atoms with Crippen molar-refractivity contribution in [3.8, 4) is 0 Å². The lowest BCUT2D eigenvalue weighted by molar-refractivity contribution is 0.656. The van der Waals surface area contributed by atoms with E-state index in [0.717, 1.165) is 24.4 Å². The fourth-order valence-electron chi connectivity index (χ4n) is 2.51. The van der Waals surface area contributed by atoms with Gasteiger partial charge in [0.05, 0.1) is 6.54 Å². The first-order valence-electron chi connectivity index (χ1n) is 6.41. The lowest BCUT2D eigenvalue weighted by Gasteiger charge is -2.23. The summed E-state index contributed by atoms with van der Waals surface area (Å²) >= 11 is 0. The van der Waals surface area contributed by atoms with E-state index in [2.05, 4.69) is 25.1 Å². The van der Waals surface area contributed by atoms with Crippen molar-refractivity contribution in [3.05, 3.63) is 33.9 Å². The molecule has 0 amide bonds. The number of anilines is 1. The molecule has 0 aliphatic heterocycles. The van der Waals surface area contributed by atoms with Crippen molar-refractivity contribution in [2.45, 2.75) is 32.2 Å². The summed E-state index contributed by atoms with van der Waals surface area (Å²) in [6.45, 7) is 0.516. The Morgan fingerprint density at radius 1 is 1.32 bits per heavy atom. The van der Waals surface area contributed by atoms with Gasteiger partial charge in [0.2, 0.25) is 0 Å². The van der Waals surface area contributed by atoms with Gasteiger partial charge in [-0.2, -0.15) is 5.10 Å². The van der Waals surface area contributed by atoms with Crippen molar-refractivity contribution in [2.75, 3.05) is 11.9 Å². The van der Waals surface area contributed by atoms with Gasteiger partial charge in [0.25, 0.3) is 0 Å². The van der Waals surface area contributed by atoms with E-state index in [1.165, 1.54) is 18.4 Å². The molecule has 1 aliphatic carbocycles. The standard InChI is InChI=1S/C12H16N6O/c1-18(6-10-15-12(19)17-16-10)11-8-4-2-3-5-9(8)13-7-14-11/h7H,2-6H2,1H3,(H2,15,16,17,19). The highest BCUT2D eigenvalue weighted by molar-refractivity contribution is 5.48. The van der Waals surface area contributed by atoms with Crippen molar-refractivity contribution in [2.24, 2.45) is 0 Å². The van der Waals surface area contributed by atoms with Crippen molar-refractivity contribution >= 4 is 5.82 Å². The highest BCUT2D eigenvalue weighted by Gasteiger charge is 2.18. The Bertz CT molecular complexity index is 631. The Kier molecular flexibility index (Phi) is 3.02. The number of nitrogens with zero attached hydrogens (tertiary/aromatic N) is 4. The van der Waals surface area contributed by atoms with Crippen molar-refractivity contribution in [1.82, 2.24) is 25.1 Å². The lowest BCUT2D eigenvalue weighted by Crippen LogP contribution is -2.22. The first-order valence-corrected chi connectivity index (χ1v) is 6.41. The van der Waals surface area contributed by atoms with Crippen molar-refractivity contribution < 1.29 is 0 Å². The number of rotatable bonds is 3. The summed E-state index contributed by atoms with van der Waals surface area (Å²) in [5.41, 5.74) is 2.10. The fourth-order valence-corrected chi connectivity index (χ4v) is 2.51. The average Bonchev–Trinajstić information content (AvgIpc) is 2.83. The molecule has 0 radical (unpaired) electrons. The van der Waals surface area contributed by atoms with Gasteiger partial charge in [-0.3, -0.25) is 4.98 Å². The Hall–Kier alpha value is -2.18. The first-order chi connectivity index (χ1) is 9.24. The van der Waals surface area contributed by atoms with Crippen LogP contribution in [0.15, 0.2) is 11.1 Å². The zero-order valence-electron chi connectivity index (χ0n) is 10.8. The van der Waals surface area contributed by atoms with Crippen LogP contribution in [0.1, 0.15) is 29.9 Å². The Morgan fingerprint density at radius 3 is 2.95 bits per heavy atom. The van der Waals surface area contributed by atoms with Gasteiger partial charge in [0, 0.05) is 18.3 Å². The van der Waals surface area contributed by atoms with E-state index in [9.17, 15) is 4.79 Å². The topological polar surface area (TPSA) is 90.6 Å². The van der Waals surface area contributed by atoms with Crippen LogP contribution in [0.25, 0.3) is 0 Å². The number of fused-ring (bicyclic) bond motifs is 1. The summed E-state index contributed by atoms with van der Waals surface area (Å²) in [6, 6.07) is 0. The maximum absolute atomic E-state index is 11.0. The summed E-state index contributed by atoms with van der Waals surface area (Å²) in [5, 5.41) is 6.28. The number of hydrogen-bond acceptors (Lipinski definition) is 5. The van der Waals surface area contributed by atoms with Gasteiger partial charge in [-0.15, -0.1) is 0 Å². The average molecular weight is 260 g/mol. The van der Waals surface area contributed by atoms with Gasteiger partial charge in [-0.1, -0.05) is 0 Å². The first kappa shape index (κ1) is 11.9. The number of H-pyrrole nitrogens is 2. The van der Waals surface area contributed by atoms with Gasteiger partial charge in [-0.05, 0) is 25.7 Å². The number of nitrogens with one attached hydrogen (secondary N) is 2. The molecule has 7 heteroatoms. The summed E-state index contributed by atoms with van der Waals surface area (Å²) in [7, 11) is 1.95. The fraction of sp³-hybridized carbons (Fsp3) is 0.500. The monoisotopic (exact) mass is 260 g/mol. The minimum Gasteiger partial charge on any atom is -0.352 e. The normalized spacial score (nSPS) is 14.2. The molecule has 0 atom stereocenters. The quantitative estimate of drug-likeness (QED) is 0.833. The van der Waals surface area contributed by atoms with Gasteiger partial charge in [-0.25, -0.2) is 19.9 Å². The summed E-state index contributed by atoms with van der Waals surface area (Å²) < 4.78 is 0. The predicted molar refractivity (Wildman–Crippen MR) is 70.0 cm³/mol. The maximum Gasteiger partial charge on any atom is 0.340 e. The van der Waals surface area contributed by atoms with E-state index >= 15 is 0 Å². The predicted octanol–water partition coefficient (Wildman–Crippen LogP) is 0.403. The molecule has 0 fully saturated rings. The van der Waals surface area contributed by atoms with Gasteiger partial charge < -0.3 is 4.90 Å². The molecule has 7 nitrogen and oxygen atoms in total. The van der Waals surface area contributed by atoms with Crippen LogP contribution in [0.3, 0.4) is 0 Å². The highest BCUT2D eigenvalue weighted by atomic mass is 16.1. The number of aromatic nitrogens is 5. The maximum atomic E-state index is 11.0. The lowest BCUT2D eigenvalue weighted by atomic mass is 9.96. The molecule has 0 saturated heterocycles. The molecule has 2 aromatic heterocycles. The molecule has 0 bridgehead atoms. The molecule has 0 saturated carbocycles. The molecular weight excluding hydrogens is 244 g/mol. The SMILES string of the molecule is CN(Cc1n[nH]c(=O)[nH]1)c1ncnc2c1CCCC2. The second kappa shape index (κ2) is 4.83. The molecule has 3 rings (SSSR count). The zero-order chi connectivity index (χ0) is 13.2. The molecule has 100 valence electrons. The second-order valence-corrected chi connectivity index (χ2v) is 4.81. The molecule has 2 aromatic rings. The molecule has 2 heterocycles. The molecule has 1 aliphatic rings. The molecular formula is C12H16N6O. The third-order valence-corrected chi connectivity index (χ3v) is 3.40. The van der Waals surface area contributed by atoms with E-state index in [4.69, 9.17) is 0 Å². The van der Waals surface area contributed by atoms with Crippen LogP contribution in [0.5, 0.6) is 0 Å². The van der Waals surface area contributed by atoms with Crippen LogP contribution < -0.4 is 10.6 Å². The third kappa shape index (κ3) is 2.35. The van der Waals surface area contributed by atoms with Gasteiger partial charge >= 0.3 is 5.69 Å². The van der Waals surface area contributed by atoms with Crippen LogP contribution in [0.4, 0.5) is 5.82 Å². The molecule has 0 unspecified atom stereocenters. The number of aryl methyl sites for hydroxylation is 1. The summed E-state index contributed by atoms with van der Waals surface area (Å²) in [6.07, 6.45) is 6.04. The number of hydrogen-bond donors (Lipinski definition) is 2. The van der Waals surface area contributed by atoms with E-state index in [0.29, 0.717) is 12.4 Å². The van der Waals surface area contributed by atoms with E-state index in [1.807, 2.05) is 11.9 Å². The van der Waals surface area contributed by atoms with Crippen molar-refractivity contribution in [3.63, 3.8) is 0 Å². The Labute approximate surface area is 110 Å². The van der Waals surface area contributed by atoms with Crippen LogP contribution in [-0.2, 0) is 19.4 Å². The van der Waals surface area contributed by atoms with Crippen LogP contribution in [-0.4, -0.2) is 32.2 Å². The van der Waals surface area contributed by atoms with E-state index in [-0.39, 0.29) is 5.69 Å². The number of aromatic amines is 2. The molecule has 0 spiro atoms. The molecule has 19 heavy (non-hydrogen) atoms. The summed E-state index contributed by atoms with van der Waals surface area (Å²) in [5.74, 6) is 1.55. The minimum absolute atomic E-state index is 0.284. The van der Waals surface area contributed by atoms with E-state index < -0.39 is 0 Å².